The first-order chi connectivity index (χ1) is 14.8. The van der Waals surface area contributed by atoms with Crippen LogP contribution < -0.4 is 9.62 Å². The summed E-state index contributed by atoms with van der Waals surface area (Å²) in [4.78, 5) is 15.0. The smallest absolute Gasteiger partial charge is 0.243 e. The second-order valence-electron chi connectivity index (χ2n) is 7.61. The van der Waals surface area contributed by atoms with E-state index in [1.807, 2.05) is 24.3 Å². The minimum atomic E-state index is -3.87. The third-order valence-corrected chi connectivity index (χ3v) is 6.41. The van der Waals surface area contributed by atoms with Crippen molar-refractivity contribution in [2.45, 2.75) is 26.1 Å². The maximum absolute atomic E-state index is 14.2. The molecule has 1 aliphatic heterocycles. The van der Waals surface area contributed by atoms with E-state index >= 15 is 0 Å². The molecular formula is C22H28FN3O4S. The van der Waals surface area contributed by atoms with Crippen molar-refractivity contribution in [1.29, 1.82) is 0 Å². The molecular weight excluding hydrogens is 421 g/mol. The zero-order valence-electron chi connectivity index (χ0n) is 17.8. The van der Waals surface area contributed by atoms with Crippen molar-refractivity contribution in [3.63, 3.8) is 0 Å². The molecule has 7 nitrogen and oxygen atoms in total. The number of benzene rings is 2. The van der Waals surface area contributed by atoms with Gasteiger partial charge in [0.15, 0.2) is 0 Å². The van der Waals surface area contributed by atoms with Gasteiger partial charge in [-0.15, -0.1) is 0 Å². The van der Waals surface area contributed by atoms with E-state index in [0.717, 1.165) is 55.0 Å². The Hall–Kier alpha value is -2.49. The van der Waals surface area contributed by atoms with Gasteiger partial charge in [-0.25, -0.2) is 12.8 Å². The molecule has 9 heteroatoms. The van der Waals surface area contributed by atoms with Crippen LogP contribution >= 0.6 is 0 Å². The molecule has 0 aromatic heterocycles. The fourth-order valence-corrected chi connectivity index (χ4v) is 4.70. The van der Waals surface area contributed by atoms with E-state index in [2.05, 4.69) is 10.2 Å². The highest BCUT2D eigenvalue weighted by molar-refractivity contribution is 7.92. The van der Waals surface area contributed by atoms with Crippen LogP contribution in [0.15, 0.2) is 48.5 Å². The van der Waals surface area contributed by atoms with Crippen LogP contribution in [-0.4, -0.2) is 57.8 Å². The summed E-state index contributed by atoms with van der Waals surface area (Å²) in [6, 6.07) is 12.3. The van der Waals surface area contributed by atoms with Crippen LogP contribution in [0.2, 0.25) is 0 Å². The van der Waals surface area contributed by atoms with Gasteiger partial charge in [-0.3, -0.25) is 14.0 Å². The predicted octanol–water partition coefficient (Wildman–Crippen LogP) is 2.13. The molecule has 1 fully saturated rings. The van der Waals surface area contributed by atoms with Gasteiger partial charge in [0.05, 0.1) is 25.2 Å². The van der Waals surface area contributed by atoms with Gasteiger partial charge in [0.1, 0.15) is 11.9 Å². The molecule has 2 aromatic carbocycles. The summed E-state index contributed by atoms with van der Waals surface area (Å²) >= 11 is 0. The lowest BCUT2D eigenvalue weighted by Crippen LogP contribution is -2.48. The van der Waals surface area contributed by atoms with E-state index in [9.17, 15) is 17.6 Å². The zero-order chi connectivity index (χ0) is 22.4. The number of morpholine rings is 1. The lowest BCUT2D eigenvalue weighted by Gasteiger charge is -2.28. The number of sulfonamides is 1. The zero-order valence-corrected chi connectivity index (χ0v) is 18.6. The summed E-state index contributed by atoms with van der Waals surface area (Å²) in [7, 11) is -3.87. The number of carbonyl (C=O) groups excluding carboxylic acids is 1. The number of nitrogens with zero attached hydrogens (tertiary/aromatic N) is 2. The minimum absolute atomic E-state index is 0.153. The highest BCUT2D eigenvalue weighted by atomic mass is 32.2. The van der Waals surface area contributed by atoms with E-state index in [-0.39, 0.29) is 12.2 Å². The average Bonchev–Trinajstić information content (AvgIpc) is 2.74. The number of nitrogens with one attached hydrogen (secondary N) is 1. The van der Waals surface area contributed by atoms with Crippen molar-refractivity contribution in [1.82, 2.24) is 10.2 Å². The molecule has 0 saturated carbocycles. The maximum Gasteiger partial charge on any atom is 0.243 e. The number of carbonyl (C=O) groups is 1. The summed E-state index contributed by atoms with van der Waals surface area (Å²) in [5, 5.41) is 2.75. The Morgan fingerprint density at radius 1 is 1.13 bits per heavy atom. The Morgan fingerprint density at radius 2 is 1.74 bits per heavy atom. The van der Waals surface area contributed by atoms with Crippen LogP contribution in [0.3, 0.4) is 0 Å². The van der Waals surface area contributed by atoms with Crippen molar-refractivity contribution >= 4 is 21.6 Å². The van der Waals surface area contributed by atoms with Crippen molar-refractivity contribution in [3.05, 3.63) is 65.5 Å². The Morgan fingerprint density at radius 3 is 2.35 bits per heavy atom. The molecule has 1 unspecified atom stereocenters. The van der Waals surface area contributed by atoms with Crippen LogP contribution in [0, 0.1) is 5.82 Å². The highest BCUT2D eigenvalue weighted by Crippen LogP contribution is 2.24. The molecule has 2 aromatic rings. The van der Waals surface area contributed by atoms with E-state index in [4.69, 9.17) is 4.74 Å². The fraction of sp³-hybridized carbons (Fsp3) is 0.409. The number of amides is 1. The number of anilines is 1. The quantitative estimate of drug-likeness (QED) is 0.668. The van der Waals surface area contributed by atoms with Gasteiger partial charge in [0.2, 0.25) is 15.9 Å². The highest BCUT2D eigenvalue weighted by Gasteiger charge is 2.30. The van der Waals surface area contributed by atoms with Gasteiger partial charge in [-0.2, -0.15) is 0 Å². The van der Waals surface area contributed by atoms with Crippen LogP contribution in [0.1, 0.15) is 18.1 Å². The molecule has 1 heterocycles. The molecule has 1 saturated heterocycles. The summed E-state index contributed by atoms with van der Waals surface area (Å²) in [6.45, 7) is 5.85. The summed E-state index contributed by atoms with van der Waals surface area (Å²) in [5.74, 6) is -1.21. The minimum Gasteiger partial charge on any atom is -0.379 e. The van der Waals surface area contributed by atoms with Crippen LogP contribution in [-0.2, 0) is 32.6 Å². The average molecular weight is 450 g/mol. The third-order valence-electron chi connectivity index (χ3n) is 5.18. The van der Waals surface area contributed by atoms with Gasteiger partial charge in [-0.1, -0.05) is 36.4 Å². The molecule has 0 bridgehead atoms. The number of rotatable bonds is 8. The largest absolute Gasteiger partial charge is 0.379 e. The second-order valence-corrected chi connectivity index (χ2v) is 9.47. The van der Waals surface area contributed by atoms with Crippen molar-refractivity contribution in [2.24, 2.45) is 0 Å². The fourth-order valence-electron chi connectivity index (χ4n) is 3.53. The molecule has 168 valence electrons. The Labute approximate surface area is 182 Å². The molecule has 1 atom stereocenters. The molecule has 1 amide bonds. The standard InChI is InChI=1S/C22H28FN3O4S/c1-17(26(31(2,28)29)21-6-4-3-5-20(21)23)22(27)24-15-18-7-9-19(10-8-18)16-25-11-13-30-14-12-25/h3-10,17H,11-16H2,1-2H3,(H,24,27). The summed E-state index contributed by atoms with van der Waals surface area (Å²) < 4.78 is 44.9. The van der Waals surface area contributed by atoms with Gasteiger partial charge < -0.3 is 10.1 Å². The van der Waals surface area contributed by atoms with Crippen LogP contribution in [0.25, 0.3) is 0 Å². The number of halogens is 1. The number of para-hydroxylation sites is 1. The van der Waals surface area contributed by atoms with E-state index in [1.54, 1.807) is 0 Å². The van der Waals surface area contributed by atoms with Crippen molar-refractivity contribution < 1.29 is 22.3 Å². The number of hydrogen-bond donors (Lipinski definition) is 1. The van der Waals surface area contributed by atoms with Gasteiger partial charge in [0.25, 0.3) is 0 Å². The van der Waals surface area contributed by atoms with Crippen LogP contribution in [0.4, 0.5) is 10.1 Å². The molecule has 31 heavy (non-hydrogen) atoms. The van der Waals surface area contributed by atoms with Gasteiger partial charge in [0, 0.05) is 26.2 Å². The second kappa shape index (κ2) is 10.2. The van der Waals surface area contributed by atoms with Crippen LogP contribution in [0.5, 0.6) is 0 Å². The van der Waals surface area contributed by atoms with E-state index in [1.165, 1.54) is 30.7 Å². The molecule has 1 aliphatic rings. The topological polar surface area (TPSA) is 79.0 Å². The first-order valence-corrected chi connectivity index (χ1v) is 12.0. The molecule has 0 radical (unpaired) electrons. The van der Waals surface area contributed by atoms with E-state index in [0.29, 0.717) is 0 Å². The third kappa shape index (κ3) is 6.25. The predicted molar refractivity (Wildman–Crippen MR) is 118 cm³/mol. The lowest BCUT2D eigenvalue weighted by molar-refractivity contribution is -0.122. The molecule has 3 rings (SSSR count). The Bertz CT molecular complexity index is 992. The first kappa shape index (κ1) is 23.2. The maximum atomic E-state index is 14.2. The number of ether oxygens (including phenoxy) is 1. The monoisotopic (exact) mass is 449 g/mol. The first-order valence-electron chi connectivity index (χ1n) is 10.2. The van der Waals surface area contributed by atoms with Gasteiger partial charge in [-0.05, 0) is 30.2 Å². The molecule has 1 N–H and O–H groups in total. The Balaban J connectivity index is 1.61. The SMILES string of the molecule is CC(C(=O)NCc1ccc(CN2CCOCC2)cc1)N(c1ccccc1F)S(C)(=O)=O. The normalized spacial score (nSPS) is 16.0. The summed E-state index contributed by atoms with van der Waals surface area (Å²) in [5.41, 5.74) is 1.91. The molecule has 0 spiro atoms. The van der Waals surface area contributed by atoms with Crippen molar-refractivity contribution in [3.8, 4) is 0 Å². The van der Waals surface area contributed by atoms with Crippen molar-refractivity contribution in [2.75, 3.05) is 36.9 Å². The van der Waals surface area contributed by atoms with Gasteiger partial charge >= 0.3 is 0 Å². The summed E-state index contributed by atoms with van der Waals surface area (Å²) in [6.07, 6.45) is 0.955. The number of hydrogen-bond acceptors (Lipinski definition) is 5. The van der Waals surface area contributed by atoms with E-state index < -0.39 is 27.8 Å². The molecule has 0 aliphatic carbocycles. The Kier molecular flexibility index (Phi) is 7.64. The lowest BCUT2D eigenvalue weighted by atomic mass is 10.1.